The molecule has 2 unspecified atom stereocenters. The van der Waals surface area contributed by atoms with Gasteiger partial charge in [0.1, 0.15) is 0 Å². The van der Waals surface area contributed by atoms with Gasteiger partial charge in [-0.1, -0.05) is 13.8 Å². The summed E-state index contributed by atoms with van der Waals surface area (Å²) in [5.41, 5.74) is 0. The Morgan fingerprint density at radius 3 is 2.50 bits per heavy atom. The molecule has 0 aliphatic carbocycles. The normalized spacial score (nSPS) is 21.6. The van der Waals surface area contributed by atoms with E-state index in [-0.39, 0.29) is 30.7 Å². The molecule has 1 aliphatic rings. The van der Waals surface area contributed by atoms with Crippen LogP contribution in [0.3, 0.4) is 0 Å². The molecule has 1 saturated heterocycles. The SMILES string of the molecule is CC(=O)C(NC(=O)CN1CC(=O)NC(=O)C1C)C(C)C. The van der Waals surface area contributed by atoms with Crippen LogP contribution in [0.4, 0.5) is 0 Å². The Labute approximate surface area is 118 Å². The summed E-state index contributed by atoms with van der Waals surface area (Å²) in [6.45, 7) is 6.63. The molecule has 1 fully saturated rings. The van der Waals surface area contributed by atoms with Crippen molar-refractivity contribution in [3.8, 4) is 0 Å². The van der Waals surface area contributed by atoms with Crippen LogP contribution in [-0.4, -0.2) is 53.6 Å². The summed E-state index contributed by atoms with van der Waals surface area (Å²) in [5.74, 6) is -1.34. The van der Waals surface area contributed by atoms with E-state index >= 15 is 0 Å². The number of hydrogen-bond donors (Lipinski definition) is 2. The van der Waals surface area contributed by atoms with E-state index in [1.165, 1.54) is 11.8 Å². The second kappa shape index (κ2) is 6.60. The number of nitrogens with zero attached hydrogens (tertiary/aromatic N) is 1. The summed E-state index contributed by atoms with van der Waals surface area (Å²) in [7, 11) is 0. The number of carbonyl (C=O) groups excluding carboxylic acids is 4. The molecule has 20 heavy (non-hydrogen) atoms. The Morgan fingerprint density at radius 2 is 2.00 bits per heavy atom. The lowest BCUT2D eigenvalue weighted by Gasteiger charge is -2.31. The first-order valence-corrected chi connectivity index (χ1v) is 6.60. The summed E-state index contributed by atoms with van der Waals surface area (Å²) in [6, 6.07) is -1.10. The predicted molar refractivity (Wildman–Crippen MR) is 71.6 cm³/mol. The first-order chi connectivity index (χ1) is 9.22. The number of nitrogens with one attached hydrogen (secondary N) is 2. The molecule has 2 N–H and O–H groups in total. The minimum atomic E-state index is -0.549. The monoisotopic (exact) mass is 283 g/mol. The van der Waals surface area contributed by atoms with Gasteiger partial charge in [-0.3, -0.25) is 29.4 Å². The zero-order valence-corrected chi connectivity index (χ0v) is 12.2. The van der Waals surface area contributed by atoms with Crippen LogP contribution in [-0.2, 0) is 19.2 Å². The van der Waals surface area contributed by atoms with Crippen molar-refractivity contribution in [2.24, 2.45) is 5.92 Å². The maximum Gasteiger partial charge on any atom is 0.243 e. The minimum Gasteiger partial charge on any atom is -0.345 e. The highest BCUT2D eigenvalue weighted by molar-refractivity contribution is 6.01. The molecule has 2 atom stereocenters. The number of rotatable bonds is 5. The Balaban J connectivity index is 2.63. The molecule has 112 valence electrons. The van der Waals surface area contributed by atoms with Gasteiger partial charge in [-0.25, -0.2) is 0 Å². The molecule has 1 heterocycles. The fourth-order valence-corrected chi connectivity index (χ4v) is 2.10. The van der Waals surface area contributed by atoms with Crippen LogP contribution in [0.25, 0.3) is 0 Å². The van der Waals surface area contributed by atoms with Gasteiger partial charge < -0.3 is 5.32 Å². The molecule has 1 rings (SSSR count). The van der Waals surface area contributed by atoms with Crippen LogP contribution < -0.4 is 10.6 Å². The van der Waals surface area contributed by atoms with Gasteiger partial charge in [-0.05, 0) is 19.8 Å². The maximum atomic E-state index is 11.9. The molecule has 0 aromatic heterocycles. The Hall–Kier alpha value is -1.76. The molecule has 0 aromatic rings. The number of imide groups is 1. The molecule has 1 aliphatic heterocycles. The smallest absolute Gasteiger partial charge is 0.243 e. The number of piperazine rings is 1. The number of amides is 3. The van der Waals surface area contributed by atoms with Gasteiger partial charge in [-0.15, -0.1) is 0 Å². The molecule has 3 amide bonds. The van der Waals surface area contributed by atoms with Crippen LogP contribution in [0.2, 0.25) is 0 Å². The van der Waals surface area contributed by atoms with E-state index in [1.54, 1.807) is 6.92 Å². The maximum absolute atomic E-state index is 11.9. The van der Waals surface area contributed by atoms with Crippen molar-refractivity contribution in [1.29, 1.82) is 0 Å². The van der Waals surface area contributed by atoms with E-state index in [0.717, 1.165) is 0 Å². The quantitative estimate of drug-likeness (QED) is 0.635. The zero-order valence-electron chi connectivity index (χ0n) is 12.2. The minimum absolute atomic E-state index is 0.00720. The first kappa shape index (κ1) is 16.3. The third-order valence-corrected chi connectivity index (χ3v) is 3.30. The second-order valence-corrected chi connectivity index (χ2v) is 5.39. The lowest BCUT2D eigenvalue weighted by atomic mass is 10.0. The van der Waals surface area contributed by atoms with Crippen molar-refractivity contribution < 1.29 is 19.2 Å². The molecule has 7 heteroatoms. The summed E-state index contributed by atoms with van der Waals surface area (Å²) >= 11 is 0. The van der Waals surface area contributed by atoms with Gasteiger partial charge in [0.05, 0.1) is 25.2 Å². The molecule has 0 radical (unpaired) electrons. The third kappa shape index (κ3) is 4.12. The zero-order chi connectivity index (χ0) is 15.4. The van der Waals surface area contributed by atoms with E-state index in [9.17, 15) is 19.2 Å². The molecule has 7 nitrogen and oxygen atoms in total. The average molecular weight is 283 g/mol. The number of Topliss-reactive ketones (excluding diaryl/α,β-unsaturated/α-hetero) is 1. The predicted octanol–water partition coefficient (Wildman–Crippen LogP) is -0.937. The van der Waals surface area contributed by atoms with Gasteiger partial charge >= 0.3 is 0 Å². The Bertz CT molecular complexity index is 433. The number of carbonyl (C=O) groups is 4. The lowest BCUT2D eigenvalue weighted by molar-refractivity contribution is -0.141. The Kier molecular flexibility index (Phi) is 5.38. The summed E-state index contributed by atoms with van der Waals surface area (Å²) in [6.07, 6.45) is 0. The molecule has 0 aromatic carbocycles. The molecular formula is C13H21N3O4. The van der Waals surface area contributed by atoms with Crippen molar-refractivity contribution in [3.05, 3.63) is 0 Å². The van der Waals surface area contributed by atoms with Crippen molar-refractivity contribution >= 4 is 23.5 Å². The fraction of sp³-hybridized carbons (Fsp3) is 0.692. The molecule has 0 spiro atoms. The summed E-state index contributed by atoms with van der Waals surface area (Å²) in [5, 5.41) is 4.84. The highest BCUT2D eigenvalue weighted by Gasteiger charge is 2.32. The lowest BCUT2D eigenvalue weighted by Crippen LogP contribution is -2.59. The van der Waals surface area contributed by atoms with Gasteiger partial charge in [0.25, 0.3) is 0 Å². The van der Waals surface area contributed by atoms with Crippen molar-refractivity contribution in [3.63, 3.8) is 0 Å². The molecule has 0 bridgehead atoms. The average Bonchev–Trinajstić information content (AvgIpc) is 2.31. The molecular weight excluding hydrogens is 262 g/mol. The topological polar surface area (TPSA) is 95.6 Å². The van der Waals surface area contributed by atoms with Gasteiger partial charge in [-0.2, -0.15) is 0 Å². The van der Waals surface area contributed by atoms with E-state index in [2.05, 4.69) is 10.6 Å². The van der Waals surface area contributed by atoms with E-state index in [0.29, 0.717) is 0 Å². The molecule has 0 saturated carbocycles. The van der Waals surface area contributed by atoms with E-state index in [4.69, 9.17) is 0 Å². The standard InChI is InChI=1S/C13H21N3O4/c1-7(2)12(9(4)17)14-10(18)5-16-6-11(19)15-13(20)8(16)3/h7-8,12H,5-6H2,1-4H3,(H,14,18)(H,15,19,20). The van der Waals surface area contributed by atoms with Crippen molar-refractivity contribution in [2.45, 2.75) is 39.8 Å². The van der Waals surface area contributed by atoms with Crippen LogP contribution >= 0.6 is 0 Å². The van der Waals surface area contributed by atoms with Crippen LogP contribution in [0.15, 0.2) is 0 Å². The van der Waals surface area contributed by atoms with Gasteiger partial charge in [0.15, 0.2) is 5.78 Å². The Morgan fingerprint density at radius 1 is 1.40 bits per heavy atom. The van der Waals surface area contributed by atoms with Crippen LogP contribution in [0.5, 0.6) is 0 Å². The number of hydrogen-bond acceptors (Lipinski definition) is 5. The first-order valence-electron chi connectivity index (χ1n) is 6.60. The van der Waals surface area contributed by atoms with Crippen molar-refractivity contribution in [1.82, 2.24) is 15.5 Å². The fourth-order valence-electron chi connectivity index (χ4n) is 2.10. The number of ketones is 1. The summed E-state index contributed by atoms with van der Waals surface area (Å²) < 4.78 is 0. The van der Waals surface area contributed by atoms with Crippen molar-refractivity contribution in [2.75, 3.05) is 13.1 Å². The van der Waals surface area contributed by atoms with Gasteiger partial charge in [0.2, 0.25) is 17.7 Å². The highest BCUT2D eigenvalue weighted by atomic mass is 16.2. The van der Waals surface area contributed by atoms with E-state index < -0.39 is 23.9 Å². The van der Waals surface area contributed by atoms with Crippen LogP contribution in [0, 0.1) is 5.92 Å². The van der Waals surface area contributed by atoms with Gasteiger partial charge in [0, 0.05) is 0 Å². The largest absolute Gasteiger partial charge is 0.345 e. The highest BCUT2D eigenvalue weighted by Crippen LogP contribution is 2.06. The van der Waals surface area contributed by atoms with Crippen LogP contribution in [0.1, 0.15) is 27.7 Å². The van der Waals surface area contributed by atoms with E-state index in [1.807, 2.05) is 13.8 Å². The second-order valence-electron chi connectivity index (χ2n) is 5.39. The third-order valence-electron chi connectivity index (χ3n) is 3.30. The summed E-state index contributed by atoms with van der Waals surface area (Å²) in [4.78, 5) is 47.6.